The molecule has 3 saturated carbocycles. The van der Waals surface area contributed by atoms with E-state index in [1.54, 1.807) is 34.1 Å². The van der Waals surface area contributed by atoms with Crippen molar-refractivity contribution in [2.45, 2.75) is 50.9 Å². The maximum atomic E-state index is 13.1. The van der Waals surface area contributed by atoms with Gasteiger partial charge < -0.3 is 20.7 Å². The second kappa shape index (κ2) is 8.97. The van der Waals surface area contributed by atoms with Crippen molar-refractivity contribution >= 4 is 46.8 Å². The maximum Gasteiger partial charge on any atom is 0.318 e. The van der Waals surface area contributed by atoms with Crippen molar-refractivity contribution in [3.05, 3.63) is 50.9 Å². The van der Waals surface area contributed by atoms with Gasteiger partial charge in [0.25, 0.3) is 0 Å². The number of hydrogen-bond acceptors (Lipinski definition) is 6. The summed E-state index contributed by atoms with van der Waals surface area (Å²) in [5.74, 6) is 1.32. The number of carbonyl (C=O) groups excluding carboxylic acids is 1. The number of rotatable bonds is 6. The average Bonchev–Trinajstić information content (AvgIpc) is 3.57. The Balaban J connectivity index is 1.27. The van der Waals surface area contributed by atoms with Crippen molar-refractivity contribution in [3.8, 4) is 17.0 Å². The minimum Gasteiger partial charge on any atom is -0.491 e. The summed E-state index contributed by atoms with van der Waals surface area (Å²) in [6, 6.07) is 3.24. The first kappa shape index (κ1) is 23.6. The Morgan fingerprint density at radius 3 is 2.75 bits per heavy atom. The molecular weight excluding hydrogens is 525 g/mol. The number of nitrogens with zero attached hydrogens (tertiary/aromatic N) is 5. The molecule has 188 valence electrons. The van der Waals surface area contributed by atoms with Gasteiger partial charge in [0.05, 0.1) is 52.8 Å². The van der Waals surface area contributed by atoms with Crippen LogP contribution in [0.1, 0.15) is 36.9 Å². The highest BCUT2D eigenvalue weighted by Gasteiger charge is 2.51. The smallest absolute Gasteiger partial charge is 0.318 e. The Morgan fingerprint density at radius 1 is 1.19 bits per heavy atom. The van der Waals surface area contributed by atoms with E-state index in [9.17, 15) is 4.79 Å². The topological polar surface area (TPSA) is 111 Å². The van der Waals surface area contributed by atoms with Gasteiger partial charge in [0, 0.05) is 22.3 Å². The lowest BCUT2D eigenvalue weighted by Gasteiger charge is -2.40. The molecule has 3 N–H and O–H groups in total. The van der Waals surface area contributed by atoms with Crippen molar-refractivity contribution in [1.29, 1.82) is 0 Å². The zero-order valence-corrected chi connectivity index (χ0v) is 21.6. The third-order valence-electron chi connectivity index (χ3n) is 7.28. The van der Waals surface area contributed by atoms with Gasteiger partial charge in [-0.2, -0.15) is 5.10 Å². The van der Waals surface area contributed by atoms with Gasteiger partial charge in [-0.05, 0) is 43.7 Å². The average molecular weight is 549 g/mol. The number of hydrogen-bond donors (Lipinski definition) is 2. The fourth-order valence-corrected chi connectivity index (χ4v) is 6.35. The van der Waals surface area contributed by atoms with Crippen LogP contribution in [0.2, 0.25) is 15.1 Å². The molecule has 3 aromatic rings. The van der Waals surface area contributed by atoms with E-state index >= 15 is 0 Å². The molecule has 1 aromatic carbocycles. The number of fused-ring (bicyclic) bond motifs is 2. The minimum atomic E-state index is -0.0885. The minimum absolute atomic E-state index is 0.0383. The molecule has 0 atom stereocenters. The molecule has 7 rings (SSSR count). The highest BCUT2D eigenvalue weighted by atomic mass is 35.5. The summed E-state index contributed by atoms with van der Waals surface area (Å²) in [5.41, 5.74) is 8.63. The predicted molar refractivity (Wildman–Crippen MR) is 137 cm³/mol. The van der Waals surface area contributed by atoms with Gasteiger partial charge in [0.1, 0.15) is 12.4 Å². The second-order valence-corrected chi connectivity index (χ2v) is 11.0. The molecule has 1 aliphatic heterocycles. The van der Waals surface area contributed by atoms with Gasteiger partial charge in [0.2, 0.25) is 5.95 Å². The first-order chi connectivity index (χ1) is 17.3. The normalized spacial score (nSPS) is 21.9. The van der Waals surface area contributed by atoms with E-state index in [0.29, 0.717) is 64.0 Å². The molecule has 2 aromatic heterocycles. The Morgan fingerprint density at radius 2 is 2.03 bits per heavy atom. The van der Waals surface area contributed by atoms with Crippen molar-refractivity contribution in [2.75, 3.05) is 12.3 Å². The van der Waals surface area contributed by atoms with Crippen molar-refractivity contribution in [3.63, 3.8) is 0 Å². The highest BCUT2D eigenvalue weighted by molar-refractivity contribution is 6.37. The monoisotopic (exact) mass is 547 g/mol. The molecule has 12 heteroatoms. The number of amides is 2. The molecule has 0 unspecified atom stereocenters. The van der Waals surface area contributed by atoms with E-state index in [2.05, 4.69) is 20.4 Å². The number of carbonyl (C=O) groups is 1. The van der Waals surface area contributed by atoms with Crippen molar-refractivity contribution < 1.29 is 9.53 Å². The van der Waals surface area contributed by atoms with E-state index in [1.807, 2.05) is 0 Å². The van der Waals surface area contributed by atoms with Crippen molar-refractivity contribution in [2.24, 2.45) is 5.92 Å². The van der Waals surface area contributed by atoms with Crippen LogP contribution in [0.25, 0.3) is 11.3 Å². The van der Waals surface area contributed by atoms with Crippen LogP contribution in [0.15, 0.2) is 24.5 Å². The summed E-state index contributed by atoms with van der Waals surface area (Å²) in [6.07, 6.45) is 7.66. The number of nitrogens with two attached hydrogens (primary N) is 1. The van der Waals surface area contributed by atoms with E-state index in [1.165, 1.54) is 6.42 Å². The Kier molecular flexibility index (Phi) is 5.89. The summed E-state index contributed by atoms with van der Waals surface area (Å²) in [7, 11) is 0. The fourth-order valence-electron chi connectivity index (χ4n) is 5.63. The van der Waals surface area contributed by atoms with Crippen LogP contribution in [0.5, 0.6) is 5.75 Å². The first-order valence-corrected chi connectivity index (χ1v) is 12.9. The van der Waals surface area contributed by atoms with Gasteiger partial charge in [-0.1, -0.05) is 34.8 Å². The van der Waals surface area contributed by atoms with E-state index in [-0.39, 0.29) is 17.5 Å². The molecule has 0 spiro atoms. The Hall–Kier alpha value is -2.75. The number of nitrogen functional groups attached to an aromatic ring is 1. The maximum absolute atomic E-state index is 13.1. The lowest BCUT2D eigenvalue weighted by atomic mass is 9.77. The quantitative estimate of drug-likeness (QED) is 0.452. The number of ether oxygens (including phenoxy) is 1. The molecule has 0 radical (unpaired) electrons. The Bertz CT molecular complexity index is 1350. The van der Waals surface area contributed by atoms with E-state index in [4.69, 9.17) is 45.3 Å². The van der Waals surface area contributed by atoms with Gasteiger partial charge in [-0.15, -0.1) is 0 Å². The highest BCUT2D eigenvalue weighted by Crippen LogP contribution is 2.52. The number of halogens is 3. The summed E-state index contributed by atoms with van der Waals surface area (Å²) in [4.78, 5) is 23.8. The predicted octanol–water partition coefficient (Wildman–Crippen LogP) is 4.93. The summed E-state index contributed by atoms with van der Waals surface area (Å²) in [6.45, 7) is 1.46. The van der Waals surface area contributed by atoms with Gasteiger partial charge in [-0.25, -0.2) is 14.8 Å². The van der Waals surface area contributed by atoms with Crippen LogP contribution in [-0.2, 0) is 19.6 Å². The summed E-state index contributed by atoms with van der Waals surface area (Å²) in [5, 5.41) is 8.77. The molecule has 4 aliphatic rings. The van der Waals surface area contributed by atoms with E-state index < -0.39 is 0 Å². The van der Waals surface area contributed by atoms with Crippen LogP contribution >= 0.6 is 34.8 Å². The lowest BCUT2D eigenvalue weighted by Crippen LogP contribution is -2.54. The summed E-state index contributed by atoms with van der Waals surface area (Å²) >= 11 is 18.9. The molecule has 2 amide bonds. The Labute approximate surface area is 222 Å². The van der Waals surface area contributed by atoms with E-state index in [0.717, 1.165) is 30.7 Å². The summed E-state index contributed by atoms with van der Waals surface area (Å²) < 4.78 is 7.76. The van der Waals surface area contributed by atoms with Crippen LogP contribution in [-0.4, -0.2) is 42.8 Å². The van der Waals surface area contributed by atoms with Gasteiger partial charge in [0.15, 0.2) is 0 Å². The number of benzene rings is 1. The molecule has 0 saturated heterocycles. The van der Waals surface area contributed by atoms with Crippen LogP contribution in [0, 0.1) is 5.92 Å². The second-order valence-electron chi connectivity index (χ2n) is 9.77. The first-order valence-electron chi connectivity index (χ1n) is 11.8. The van der Waals surface area contributed by atoms with Crippen LogP contribution in [0.4, 0.5) is 10.7 Å². The molecule has 3 heterocycles. The van der Waals surface area contributed by atoms with Crippen LogP contribution < -0.4 is 15.8 Å². The number of anilines is 1. The largest absolute Gasteiger partial charge is 0.491 e. The SMILES string of the molecule is Nc1nc2c(c(-c3c(Cl)cc(Cl)cc3OCCn3cc(Cl)cn3)n1)CN(C(=O)NC13CCC(C1)C3)C2. The zero-order valence-electron chi connectivity index (χ0n) is 19.3. The van der Waals surface area contributed by atoms with Crippen LogP contribution in [0.3, 0.4) is 0 Å². The molecule has 3 aliphatic carbocycles. The molecule has 36 heavy (non-hydrogen) atoms. The van der Waals surface area contributed by atoms with Gasteiger partial charge in [-0.3, -0.25) is 4.68 Å². The molecule has 3 fully saturated rings. The van der Waals surface area contributed by atoms with Gasteiger partial charge >= 0.3 is 6.03 Å². The molecular formula is C24H24Cl3N7O2. The molecule has 2 bridgehead atoms. The zero-order chi connectivity index (χ0) is 25.0. The molecule has 9 nitrogen and oxygen atoms in total. The lowest BCUT2D eigenvalue weighted by molar-refractivity contribution is 0.153. The van der Waals surface area contributed by atoms with Crippen molar-refractivity contribution in [1.82, 2.24) is 30.0 Å². The number of urea groups is 1. The number of aromatic nitrogens is 4. The third-order valence-corrected chi connectivity index (χ3v) is 8.00. The standard InChI is InChI=1S/C24H24Cl3N7O2/c25-14-5-17(27)20(19(6-14)36-4-3-34-10-15(26)9-29-34)21-16-11-33(12-18(16)30-22(28)31-21)23(35)32-24-2-1-13(7-24)8-24/h5-6,9-10,13H,1-4,7-8,11-12H2,(H,32,35)(H2,28,30,31). The number of nitrogens with one attached hydrogen (secondary N) is 1. The fraction of sp³-hybridized carbons (Fsp3) is 0.417. The third kappa shape index (κ3) is 4.33.